The van der Waals surface area contributed by atoms with Crippen LogP contribution in [0, 0.1) is 17.2 Å². The van der Waals surface area contributed by atoms with Gasteiger partial charge in [-0.25, -0.2) is 0 Å². The SMILES string of the molecule is N#CC[C@@H](Cc1ccccc1)C(=O)O. The smallest absolute Gasteiger partial charge is 0.307 e. The van der Waals surface area contributed by atoms with E-state index in [1.54, 1.807) is 0 Å². The Morgan fingerprint density at radius 2 is 2.07 bits per heavy atom. The van der Waals surface area contributed by atoms with Crippen molar-refractivity contribution >= 4 is 5.97 Å². The number of carbonyl (C=O) groups is 1. The van der Waals surface area contributed by atoms with Crippen LogP contribution in [0.5, 0.6) is 0 Å². The summed E-state index contributed by atoms with van der Waals surface area (Å²) in [6.45, 7) is 0. The predicted molar refractivity (Wildman–Crippen MR) is 51.5 cm³/mol. The molecule has 1 N–H and O–H groups in total. The van der Waals surface area contributed by atoms with Crippen molar-refractivity contribution in [2.24, 2.45) is 5.92 Å². The molecule has 14 heavy (non-hydrogen) atoms. The molecule has 1 rings (SSSR count). The highest BCUT2D eigenvalue weighted by molar-refractivity contribution is 5.70. The summed E-state index contributed by atoms with van der Waals surface area (Å²) in [5.41, 5.74) is 0.954. The van der Waals surface area contributed by atoms with Crippen LogP contribution in [0.15, 0.2) is 30.3 Å². The Morgan fingerprint density at radius 3 is 2.57 bits per heavy atom. The summed E-state index contributed by atoms with van der Waals surface area (Å²) in [6, 6.07) is 11.2. The maximum atomic E-state index is 10.7. The van der Waals surface area contributed by atoms with Crippen molar-refractivity contribution in [2.75, 3.05) is 0 Å². The molecule has 0 saturated heterocycles. The fraction of sp³-hybridized carbons (Fsp3) is 0.273. The van der Waals surface area contributed by atoms with E-state index in [9.17, 15) is 4.79 Å². The molecular formula is C11H11NO2. The highest BCUT2D eigenvalue weighted by Crippen LogP contribution is 2.11. The zero-order chi connectivity index (χ0) is 10.4. The maximum absolute atomic E-state index is 10.7. The first-order chi connectivity index (χ1) is 6.74. The Hall–Kier alpha value is -1.82. The molecule has 1 aromatic rings. The van der Waals surface area contributed by atoms with Gasteiger partial charge < -0.3 is 5.11 Å². The lowest BCUT2D eigenvalue weighted by atomic mass is 9.97. The number of nitrogens with zero attached hydrogens (tertiary/aromatic N) is 1. The van der Waals surface area contributed by atoms with Gasteiger partial charge in [-0.3, -0.25) is 4.79 Å². The maximum Gasteiger partial charge on any atom is 0.307 e. The van der Waals surface area contributed by atoms with Crippen LogP contribution in [0.1, 0.15) is 12.0 Å². The van der Waals surface area contributed by atoms with Crippen LogP contribution in [0.25, 0.3) is 0 Å². The molecule has 1 atom stereocenters. The average molecular weight is 189 g/mol. The highest BCUT2D eigenvalue weighted by atomic mass is 16.4. The van der Waals surface area contributed by atoms with Crippen molar-refractivity contribution in [3.8, 4) is 6.07 Å². The van der Waals surface area contributed by atoms with Crippen LogP contribution in [0.3, 0.4) is 0 Å². The van der Waals surface area contributed by atoms with Gasteiger partial charge in [0.1, 0.15) is 0 Å². The van der Waals surface area contributed by atoms with Gasteiger partial charge in [0.15, 0.2) is 0 Å². The van der Waals surface area contributed by atoms with Gasteiger partial charge in [-0.15, -0.1) is 0 Å². The standard InChI is InChI=1S/C11H11NO2/c12-7-6-10(11(13)14)8-9-4-2-1-3-5-9/h1-5,10H,6,8H2,(H,13,14)/t10-/m0/s1. The molecule has 0 bridgehead atoms. The van der Waals surface area contributed by atoms with E-state index < -0.39 is 11.9 Å². The van der Waals surface area contributed by atoms with E-state index in [2.05, 4.69) is 0 Å². The summed E-state index contributed by atoms with van der Waals surface area (Å²) in [5.74, 6) is -1.50. The summed E-state index contributed by atoms with van der Waals surface area (Å²) in [4.78, 5) is 10.7. The van der Waals surface area contributed by atoms with Crippen molar-refractivity contribution in [2.45, 2.75) is 12.8 Å². The first-order valence-electron chi connectivity index (χ1n) is 4.37. The number of rotatable bonds is 4. The molecular weight excluding hydrogens is 178 g/mol. The Labute approximate surface area is 82.6 Å². The lowest BCUT2D eigenvalue weighted by Crippen LogP contribution is -2.15. The lowest BCUT2D eigenvalue weighted by molar-refractivity contribution is -0.141. The van der Waals surface area contributed by atoms with E-state index >= 15 is 0 Å². The van der Waals surface area contributed by atoms with E-state index in [-0.39, 0.29) is 6.42 Å². The number of nitriles is 1. The predicted octanol–water partition coefficient (Wildman–Crippen LogP) is 1.84. The Morgan fingerprint density at radius 1 is 1.43 bits per heavy atom. The summed E-state index contributed by atoms with van der Waals surface area (Å²) in [5, 5.41) is 17.3. The second kappa shape index (κ2) is 5.03. The van der Waals surface area contributed by atoms with Crippen molar-refractivity contribution in [1.29, 1.82) is 5.26 Å². The zero-order valence-electron chi connectivity index (χ0n) is 7.68. The molecule has 0 amide bonds. The van der Waals surface area contributed by atoms with Crippen LogP contribution in [0.2, 0.25) is 0 Å². The second-order valence-electron chi connectivity index (χ2n) is 3.09. The van der Waals surface area contributed by atoms with Gasteiger partial charge in [0.05, 0.1) is 12.0 Å². The largest absolute Gasteiger partial charge is 0.481 e. The summed E-state index contributed by atoms with van der Waals surface area (Å²) in [6.07, 6.45) is 0.480. The van der Waals surface area contributed by atoms with Gasteiger partial charge in [-0.1, -0.05) is 30.3 Å². The topological polar surface area (TPSA) is 61.1 Å². The minimum absolute atomic E-state index is 0.0597. The number of hydrogen-bond donors (Lipinski definition) is 1. The van der Waals surface area contributed by atoms with Crippen molar-refractivity contribution in [1.82, 2.24) is 0 Å². The van der Waals surface area contributed by atoms with Gasteiger partial charge >= 0.3 is 5.97 Å². The molecule has 3 nitrogen and oxygen atoms in total. The van der Waals surface area contributed by atoms with Crippen LogP contribution in [0.4, 0.5) is 0 Å². The highest BCUT2D eigenvalue weighted by Gasteiger charge is 2.16. The molecule has 0 heterocycles. The minimum Gasteiger partial charge on any atom is -0.481 e. The summed E-state index contributed by atoms with van der Waals surface area (Å²) >= 11 is 0. The second-order valence-corrected chi connectivity index (χ2v) is 3.09. The third-order valence-electron chi connectivity index (χ3n) is 2.01. The van der Waals surface area contributed by atoms with Gasteiger partial charge in [-0.05, 0) is 12.0 Å². The molecule has 1 aromatic carbocycles. The van der Waals surface area contributed by atoms with Crippen molar-refractivity contribution in [3.63, 3.8) is 0 Å². The van der Waals surface area contributed by atoms with Crippen LogP contribution in [-0.2, 0) is 11.2 Å². The average Bonchev–Trinajstić information content (AvgIpc) is 2.18. The van der Waals surface area contributed by atoms with Crippen LogP contribution in [-0.4, -0.2) is 11.1 Å². The summed E-state index contributed by atoms with van der Waals surface area (Å²) < 4.78 is 0. The molecule has 0 aliphatic carbocycles. The number of carboxylic acid groups (broad SMARTS) is 1. The third kappa shape index (κ3) is 2.91. The van der Waals surface area contributed by atoms with E-state index in [1.807, 2.05) is 36.4 Å². The molecule has 0 unspecified atom stereocenters. The van der Waals surface area contributed by atoms with Crippen molar-refractivity contribution in [3.05, 3.63) is 35.9 Å². The molecule has 0 spiro atoms. The Bertz CT molecular complexity index is 340. The Kier molecular flexibility index (Phi) is 3.69. The van der Waals surface area contributed by atoms with Crippen LogP contribution >= 0.6 is 0 Å². The van der Waals surface area contributed by atoms with Crippen molar-refractivity contribution < 1.29 is 9.90 Å². The minimum atomic E-state index is -0.907. The van der Waals surface area contributed by atoms with Gasteiger partial charge in [0.2, 0.25) is 0 Å². The van der Waals surface area contributed by atoms with E-state index in [4.69, 9.17) is 10.4 Å². The zero-order valence-corrected chi connectivity index (χ0v) is 7.68. The lowest BCUT2D eigenvalue weighted by Gasteiger charge is -2.07. The monoisotopic (exact) mass is 189 g/mol. The molecule has 0 fully saturated rings. The molecule has 0 radical (unpaired) electrons. The number of aliphatic carboxylic acids is 1. The fourth-order valence-electron chi connectivity index (χ4n) is 1.26. The third-order valence-corrected chi connectivity index (χ3v) is 2.01. The van der Waals surface area contributed by atoms with E-state index in [1.165, 1.54) is 0 Å². The molecule has 0 saturated carbocycles. The van der Waals surface area contributed by atoms with Gasteiger partial charge in [0.25, 0.3) is 0 Å². The molecule has 72 valence electrons. The summed E-state index contributed by atoms with van der Waals surface area (Å²) in [7, 11) is 0. The number of hydrogen-bond acceptors (Lipinski definition) is 2. The molecule has 0 aliphatic heterocycles. The molecule has 0 aromatic heterocycles. The van der Waals surface area contributed by atoms with Crippen LogP contribution < -0.4 is 0 Å². The quantitative estimate of drug-likeness (QED) is 0.786. The Balaban J connectivity index is 2.66. The van der Waals surface area contributed by atoms with E-state index in [0.717, 1.165) is 5.56 Å². The number of benzene rings is 1. The first-order valence-corrected chi connectivity index (χ1v) is 4.37. The number of carboxylic acids is 1. The van der Waals surface area contributed by atoms with E-state index in [0.29, 0.717) is 6.42 Å². The van der Waals surface area contributed by atoms with Gasteiger partial charge in [0, 0.05) is 6.42 Å². The fourth-order valence-corrected chi connectivity index (χ4v) is 1.26. The normalized spacial score (nSPS) is 11.6. The molecule has 0 aliphatic rings. The molecule has 3 heteroatoms. The van der Waals surface area contributed by atoms with Gasteiger partial charge in [-0.2, -0.15) is 5.26 Å². The first kappa shape index (κ1) is 10.3.